The molecule has 0 aliphatic rings. The first kappa shape index (κ1) is 8.11. The SMILES string of the molecule is Nc1ncc(-c2ccc3[nH]ccc3c2)o1. The molecule has 2 aromatic heterocycles. The molecule has 4 heteroatoms. The van der Waals surface area contributed by atoms with E-state index in [0.717, 1.165) is 16.5 Å². The highest BCUT2D eigenvalue weighted by Gasteiger charge is 2.04. The number of nitrogens with one attached hydrogen (secondary N) is 1. The van der Waals surface area contributed by atoms with Crippen LogP contribution in [0, 0.1) is 0 Å². The van der Waals surface area contributed by atoms with Crippen LogP contribution in [0.15, 0.2) is 41.1 Å². The molecule has 74 valence electrons. The number of nitrogens with two attached hydrogens (primary N) is 1. The highest BCUT2D eigenvalue weighted by molar-refractivity contribution is 5.84. The van der Waals surface area contributed by atoms with Crippen molar-refractivity contribution in [3.05, 3.63) is 36.7 Å². The van der Waals surface area contributed by atoms with Crippen molar-refractivity contribution in [1.29, 1.82) is 0 Å². The van der Waals surface area contributed by atoms with E-state index in [0.29, 0.717) is 5.76 Å². The third kappa shape index (κ3) is 1.27. The number of hydrogen-bond acceptors (Lipinski definition) is 3. The van der Waals surface area contributed by atoms with Crippen LogP contribution in [0.2, 0.25) is 0 Å². The minimum atomic E-state index is 0.194. The Hall–Kier alpha value is -2.23. The Morgan fingerprint density at radius 1 is 1.27 bits per heavy atom. The van der Waals surface area contributed by atoms with Gasteiger partial charge in [0, 0.05) is 22.7 Å². The molecule has 0 saturated carbocycles. The van der Waals surface area contributed by atoms with Gasteiger partial charge in [0.05, 0.1) is 6.20 Å². The molecule has 3 N–H and O–H groups in total. The summed E-state index contributed by atoms with van der Waals surface area (Å²) in [5.74, 6) is 0.690. The van der Waals surface area contributed by atoms with Crippen LogP contribution >= 0.6 is 0 Å². The standard InChI is InChI=1S/C11H9N3O/c12-11-14-6-10(15-11)8-1-2-9-7(5-8)3-4-13-9/h1-6,13H,(H2,12,14). The number of aromatic nitrogens is 2. The first-order chi connectivity index (χ1) is 7.33. The molecule has 0 radical (unpaired) electrons. The molecule has 0 atom stereocenters. The lowest BCUT2D eigenvalue weighted by Crippen LogP contribution is -1.80. The molecule has 3 aromatic rings. The third-order valence-corrected chi connectivity index (χ3v) is 2.36. The van der Waals surface area contributed by atoms with Crippen molar-refractivity contribution >= 4 is 16.9 Å². The van der Waals surface area contributed by atoms with E-state index in [4.69, 9.17) is 10.2 Å². The lowest BCUT2D eigenvalue weighted by Gasteiger charge is -1.96. The molecule has 0 aliphatic heterocycles. The normalized spacial score (nSPS) is 10.9. The summed E-state index contributed by atoms with van der Waals surface area (Å²) in [6.07, 6.45) is 3.53. The van der Waals surface area contributed by atoms with Gasteiger partial charge in [0.2, 0.25) is 0 Å². The fourth-order valence-electron chi connectivity index (χ4n) is 1.63. The van der Waals surface area contributed by atoms with Gasteiger partial charge in [0.1, 0.15) is 0 Å². The first-order valence-electron chi connectivity index (χ1n) is 4.62. The van der Waals surface area contributed by atoms with Gasteiger partial charge in [-0.15, -0.1) is 0 Å². The second-order valence-corrected chi connectivity index (χ2v) is 3.34. The number of rotatable bonds is 1. The van der Waals surface area contributed by atoms with Gasteiger partial charge in [-0.05, 0) is 24.3 Å². The predicted molar refractivity (Wildman–Crippen MR) is 58.2 cm³/mol. The molecule has 0 spiro atoms. The Morgan fingerprint density at radius 3 is 3.00 bits per heavy atom. The van der Waals surface area contributed by atoms with Crippen molar-refractivity contribution in [2.75, 3.05) is 5.73 Å². The van der Waals surface area contributed by atoms with E-state index in [1.807, 2.05) is 30.5 Å². The molecule has 2 heterocycles. The van der Waals surface area contributed by atoms with E-state index in [2.05, 4.69) is 9.97 Å². The lowest BCUT2D eigenvalue weighted by molar-refractivity contribution is 0.595. The summed E-state index contributed by atoms with van der Waals surface area (Å²) >= 11 is 0. The van der Waals surface area contributed by atoms with E-state index >= 15 is 0 Å². The van der Waals surface area contributed by atoms with E-state index in [-0.39, 0.29) is 6.01 Å². The van der Waals surface area contributed by atoms with Crippen LogP contribution in [0.1, 0.15) is 0 Å². The molecule has 0 bridgehead atoms. The molecule has 15 heavy (non-hydrogen) atoms. The maximum Gasteiger partial charge on any atom is 0.292 e. The lowest BCUT2D eigenvalue weighted by atomic mass is 10.1. The van der Waals surface area contributed by atoms with Crippen LogP contribution in [0.5, 0.6) is 0 Å². The number of oxazole rings is 1. The summed E-state index contributed by atoms with van der Waals surface area (Å²) in [6.45, 7) is 0. The van der Waals surface area contributed by atoms with Crippen molar-refractivity contribution in [1.82, 2.24) is 9.97 Å². The number of H-pyrrole nitrogens is 1. The Kier molecular flexibility index (Phi) is 1.56. The van der Waals surface area contributed by atoms with Crippen molar-refractivity contribution in [2.24, 2.45) is 0 Å². The van der Waals surface area contributed by atoms with Crippen LogP contribution in [0.3, 0.4) is 0 Å². The molecule has 0 unspecified atom stereocenters. The summed E-state index contributed by atoms with van der Waals surface area (Å²) < 4.78 is 5.25. The molecule has 3 rings (SSSR count). The van der Waals surface area contributed by atoms with Crippen molar-refractivity contribution < 1.29 is 4.42 Å². The van der Waals surface area contributed by atoms with Crippen molar-refractivity contribution in [3.63, 3.8) is 0 Å². The molecule has 4 nitrogen and oxygen atoms in total. The van der Waals surface area contributed by atoms with Gasteiger partial charge in [-0.1, -0.05) is 0 Å². The van der Waals surface area contributed by atoms with Gasteiger partial charge in [0.15, 0.2) is 5.76 Å². The molecule has 0 saturated heterocycles. The monoisotopic (exact) mass is 199 g/mol. The van der Waals surface area contributed by atoms with E-state index in [1.54, 1.807) is 6.20 Å². The highest BCUT2D eigenvalue weighted by Crippen LogP contribution is 2.24. The third-order valence-electron chi connectivity index (χ3n) is 2.36. The number of anilines is 1. The maximum atomic E-state index is 5.42. The molecular formula is C11H9N3O. The number of hydrogen-bond donors (Lipinski definition) is 2. The van der Waals surface area contributed by atoms with Crippen LogP contribution < -0.4 is 5.73 Å². The van der Waals surface area contributed by atoms with Gasteiger partial charge >= 0.3 is 0 Å². The summed E-state index contributed by atoms with van der Waals surface area (Å²) in [5, 5.41) is 1.14. The molecule has 0 amide bonds. The average molecular weight is 199 g/mol. The zero-order valence-corrected chi connectivity index (χ0v) is 7.90. The second kappa shape index (κ2) is 2.88. The van der Waals surface area contributed by atoms with Crippen LogP contribution in [-0.4, -0.2) is 9.97 Å². The first-order valence-corrected chi connectivity index (χ1v) is 4.62. The second-order valence-electron chi connectivity index (χ2n) is 3.34. The summed E-state index contributed by atoms with van der Waals surface area (Å²) in [5.41, 5.74) is 7.51. The molecule has 0 fully saturated rings. The number of aromatic amines is 1. The van der Waals surface area contributed by atoms with Gasteiger partial charge < -0.3 is 15.1 Å². The van der Waals surface area contributed by atoms with Crippen LogP contribution in [0.25, 0.3) is 22.2 Å². The van der Waals surface area contributed by atoms with Crippen molar-refractivity contribution in [3.8, 4) is 11.3 Å². The average Bonchev–Trinajstić information content (AvgIpc) is 2.84. The van der Waals surface area contributed by atoms with Gasteiger partial charge in [0.25, 0.3) is 6.01 Å². The molecular weight excluding hydrogens is 190 g/mol. The molecule has 1 aromatic carbocycles. The van der Waals surface area contributed by atoms with Gasteiger partial charge in [-0.2, -0.15) is 0 Å². The van der Waals surface area contributed by atoms with Crippen LogP contribution in [0.4, 0.5) is 6.01 Å². The Morgan fingerprint density at radius 2 is 2.20 bits per heavy atom. The Labute approximate surface area is 85.7 Å². The quantitative estimate of drug-likeness (QED) is 0.632. The summed E-state index contributed by atoms with van der Waals surface area (Å²) in [4.78, 5) is 7.00. The highest BCUT2D eigenvalue weighted by atomic mass is 16.4. The zero-order valence-electron chi connectivity index (χ0n) is 7.90. The minimum Gasteiger partial charge on any atom is -0.424 e. The topological polar surface area (TPSA) is 67.8 Å². The fourth-order valence-corrected chi connectivity index (χ4v) is 1.63. The van der Waals surface area contributed by atoms with E-state index in [1.165, 1.54) is 0 Å². The van der Waals surface area contributed by atoms with E-state index < -0.39 is 0 Å². The summed E-state index contributed by atoms with van der Waals surface area (Å²) in [6, 6.07) is 8.21. The Balaban J connectivity index is 2.18. The number of nitrogen functional groups attached to an aromatic ring is 1. The number of benzene rings is 1. The maximum absolute atomic E-state index is 5.42. The number of nitrogens with zero attached hydrogens (tertiary/aromatic N) is 1. The minimum absolute atomic E-state index is 0.194. The van der Waals surface area contributed by atoms with Gasteiger partial charge in [-0.25, -0.2) is 4.98 Å². The van der Waals surface area contributed by atoms with Crippen LogP contribution in [-0.2, 0) is 0 Å². The van der Waals surface area contributed by atoms with Crippen molar-refractivity contribution in [2.45, 2.75) is 0 Å². The zero-order chi connectivity index (χ0) is 10.3. The number of fused-ring (bicyclic) bond motifs is 1. The smallest absolute Gasteiger partial charge is 0.292 e. The summed E-state index contributed by atoms with van der Waals surface area (Å²) in [7, 11) is 0. The largest absolute Gasteiger partial charge is 0.424 e. The fraction of sp³-hybridized carbons (Fsp3) is 0. The van der Waals surface area contributed by atoms with Gasteiger partial charge in [-0.3, -0.25) is 0 Å². The predicted octanol–water partition coefficient (Wildman–Crippen LogP) is 2.41. The molecule has 0 aliphatic carbocycles. The van der Waals surface area contributed by atoms with E-state index in [9.17, 15) is 0 Å². The Bertz CT molecular complexity index is 609.